The number of aromatic nitrogens is 3. The third kappa shape index (κ3) is 4.00. The summed E-state index contributed by atoms with van der Waals surface area (Å²) in [6.07, 6.45) is 2.96. The zero-order chi connectivity index (χ0) is 20.4. The molecule has 8 nitrogen and oxygen atoms in total. The molecule has 0 aliphatic heterocycles. The predicted molar refractivity (Wildman–Crippen MR) is 111 cm³/mol. The lowest BCUT2D eigenvalue weighted by Crippen LogP contribution is -2.10. The summed E-state index contributed by atoms with van der Waals surface area (Å²) in [6, 6.07) is 13.2. The van der Waals surface area contributed by atoms with E-state index in [2.05, 4.69) is 15.4 Å². The highest BCUT2D eigenvalue weighted by Gasteiger charge is 2.14. The van der Waals surface area contributed by atoms with Crippen LogP contribution in [0.2, 0.25) is 5.02 Å². The van der Waals surface area contributed by atoms with Crippen LogP contribution in [0.15, 0.2) is 66.3 Å². The average Bonchev–Trinajstić information content (AvgIpc) is 3.38. The predicted octanol–water partition coefficient (Wildman–Crippen LogP) is 4.81. The molecule has 4 aromatic rings. The van der Waals surface area contributed by atoms with Crippen LogP contribution in [0.3, 0.4) is 0 Å². The fourth-order valence-electron chi connectivity index (χ4n) is 2.60. The highest BCUT2D eigenvalue weighted by atomic mass is 35.5. The average molecular weight is 426 g/mol. The molecule has 0 saturated carbocycles. The van der Waals surface area contributed by atoms with Gasteiger partial charge in [-0.2, -0.15) is 5.10 Å². The highest BCUT2D eigenvalue weighted by Crippen LogP contribution is 2.30. The molecule has 0 unspecified atom stereocenters. The number of amides is 1. The molecule has 4 rings (SSSR count). The van der Waals surface area contributed by atoms with Crippen molar-refractivity contribution in [1.29, 1.82) is 0 Å². The van der Waals surface area contributed by atoms with Crippen LogP contribution in [0, 0.1) is 10.1 Å². The van der Waals surface area contributed by atoms with Crippen molar-refractivity contribution < 1.29 is 9.72 Å². The van der Waals surface area contributed by atoms with Crippen molar-refractivity contribution in [3.8, 4) is 16.9 Å². The molecule has 0 atom stereocenters. The van der Waals surface area contributed by atoms with Gasteiger partial charge in [-0.3, -0.25) is 20.2 Å². The summed E-state index contributed by atoms with van der Waals surface area (Å²) >= 11 is 7.48. The second-order valence-electron chi connectivity index (χ2n) is 5.92. The van der Waals surface area contributed by atoms with E-state index in [1.54, 1.807) is 24.4 Å². The largest absolute Gasteiger partial charge is 0.298 e. The van der Waals surface area contributed by atoms with E-state index in [9.17, 15) is 14.9 Å². The maximum atomic E-state index is 12.5. The molecule has 0 fully saturated rings. The van der Waals surface area contributed by atoms with E-state index >= 15 is 0 Å². The smallest absolute Gasteiger partial charge is 0.269 e. The Balaban J connectivity index is 1.49. The Bertz CT molecular complexity index is 1200. The molecule has 1 N–H and O–H groups in total. The second kappa shape index (κ2) is 7.82. The van der Waals surface area contributed by atoms with Crippen molar-refractivity contribution in [2.75, 3.05) is 5.32 Å². The molecule has 0 radical (unpaired) electrons. The van der Waals surface area contributed by atoms with Gasteiger partial charge < -0.3 is 0 Å². The van der Waals surface area contributed by atoms with Gasteiger partial charge in [0.15, 0.2) is 5.13 Å². The van der Waals surface area contributed by atoms with Crippen LogP contribution < -0.4 is 5.32 Å². The molecule has 10 heteroatoms. The minimum Gasteiger partial charge on any atom is -0.298 e. The molecule has 0 aliphatic rings. The molecule has 0 spiro atoms. The van der Waals surface area contributed by atoms with Crippen LogP contribution in [0.1, 0.15) is 10.4 Å². The number of benzene rings is 2. The summed E-state index contributed by atoms with van der Waals surface area (Å²) in [6.45, 7) is 0. The number of nitrogens with one attached hydrogen (secondary N) is 1. The van der Waals surface area contributed by atoms with Crippen LogP contribution in [-0.2, 0) is 0 Å². The van der Waals surface area contributed by atoms with Crippen molar-refractivity contribution in [2.45, 2.75) is 0 Å². The van der Waals surface area contributed by atoms with Gasteiger partial charge in [-0.1, -0.05) is 29.8 Å². The summed E-state index contributed by atoms with van der Waals surface area (Å²) < 4.78 is 1.47. The normalized spacial score (nSPS) is 10.7. The molecule has 2 heterocycles. The molecular formula is C19H12ClN5O3S. The van der Waals surface area contributed by atoms with Crippen molar-refractivity contribution in [1.82, 2.24) is 14.8 Å². The molecule has 144 valence electrons. The number of thiazole rings is 1. The standard InChI is InChI=1S/C19H12ClN5O3S/c20-16-4-2-1-3-15(16)17-11-29-19(22-17)23-18(26)12-9-21-24(10-12)13-5-7-14(8-6-13)25(27)28/h1-11H,(H,22,23,26). The number of halogens is 1. The van der Waals surface area contributed by atoms with Crippen LogP contribution >= 0.6 is 22.9 Å². The summed E-state index contributed by atoms with van der Waals surface area (Å²) in [4.78, 5) is 27.2. The number of nitro benzene ring substituents is 1. The van der Waals surface area contributed by atoms with Gasteiger partial charge >= 0.3 is 0 Å². The van der Waals surface area contributed by atoms with Gasteiger partial charge in [0.1, 0.15) is 0 Å². The summed E-state index contributed by atoms with van der Waals surface area (Å²) in [5, 5.41) is 20.5. The minimum absolute atomic E-state index is 0.0167. The molecular weight excluding hydrogens is 414 g/mol. The fourth-order valence-corrected chi connectivity index (χ4v) is 3.54. The first-order valence-electron chi connectivity index (χ1n) is 8.32. The number of nitrogens with zero attached hydrogens (tertiary/aromatic N) is 4. The zero-order valence-corrected chi connectivity index (χ0v) is 16.2. The zero-order valence-electron chi connectivity index (χ0n) is 14.7. The van der Waals surface area contributed by atoms with Gasteiger partial charge in [-0.25, -0.2) is 9.67 Å². The number of anilines is 1. The molecule has 0 bridgehead atoms. The van der Waals surface area contributed by atoms with Gasteiger partial charge in [-0.15, -0.1) is 11.3 Å². The number of rotatable bonds is 5. The van der Waals surface area contributed by atoms with Gasteiger partial charge in [0.05, 0.1) is 28.1 Å². The van der Waals surface area contributed by atoms with Crippen LogP contribution in [-0.4, -0.2) is 25.6 Å². The summed E-state index contributed by atoms with van der Waals surface area (Å²) in [7, 11) is 0. The second-order valence-corrected chi connectivity index (χ2v) is 7.18. The molecule has 29 heavy (non-hydrogen) atoms. The lowest BCUT2D eigenvalue weighted by Gasteiger charge is -2.01. The van der Waals surface area contributed by atoms with Gasteiger partial charge in [-0.05, 0) is 18.2 Å². The van der Waals surface area contributed by atoms with Gasteiger partial charge in [0, 0.05) is 34.3 Å². The number of hydrogen-bond donors (Lipinski definition) is 1. The van der Waals surface area contributed by atoms with E-state index in [-0.39, 0.29) is 11.6 Å². The first kappa shape index (κ1) is 18.8. The Morgan fingerprint density at radius 3 is 2.66 bits per heavy atom. The number of nitro groups is 1. The number of hydrogen-bond acceptors (Lipinski definition) is 6. The van der Waals surface area contributed by atoms with Gasteiger partial charge in [0.25, 0.3) is 11.6 Å². The van der Waals surface area contributed by atoms with Crippen LogP contribution in [0.25, 0.3) is 16.9 Å². The molecule has 2 aromatic heterocycles. The fraction of sp³-hybridized carbons (Fsp3) is 0. The molecule has 0 saturated heterocycles. The van der Waals surface area contributed by atoms with E-state index in [4.69, 9.17) is 11.6 Å². The molecule has 0 aliphatic carbocycles. The maximum absolute atomic E-state index is 12.5. The lowest BCUT2D eigenvalue weighted by molar-refractivity contribution is -0.384. The number of carbonyl (C=O) groups excluding carboxylic acids is 1. The van der Waals surface area contributed by atoms with Crippen molar-refractivity contribution in [3.05, 3.63) is 87.0 Å². The van der Waals surface area contributed by atoms with E-state index in [0.29, 0.717) is 27.1 Å². The Labute approximate surface area is 173 Å². The third-order valence-corrected chi connectivity index (χ3v) is 5.13. The first-order valence-corrected chi connectivity index (χ1v) is 9.58. The Kier molecular flexibility index (Phi) is 5.07. The maximum Gasteiger partial charge on any atom is 0.269 e. The minimum atomic E-state index is -0.476. The van der Waals surface area contributed by atoms with E-state index in [0.717, 1.165) is 5.56 Å². The number of carbonyl (C=O) groups is 1. The van der Waals surface area contributed by atoms with Gasteiger partial charge in [0.2, 0.25) is 0 Å². The Morgan fingerprint density at radius 2 is 1.93 bits per heavy atom. The quantitative estimate of drug-likeness (QED) is 0.365. The monoisotopic (exact) mass is 425 g/mol. The van der Waals surface area contributed by atoms with E-state index in [1.165, 1.54) is 34.3 Å². The van der Waals surface area contributed by atoms with E-state index in [1.807, 2.05) is 23.6 Å². The molecule has 1 amide bonds. The topological polar surface area (TPSA) is 103 Å². The Hall–Kier alpha value is -3.56. The van der Waals surface area contributed by atoms with Crippen molar-refractivity contribution in [2.24, 2.45) is 0 Å². The van der Waals surface area contributed by atoms with Crippen molar-refractivity contribution in [3.63, 3.8) is 0 Å². The first-order chi connectivity index (χ1) is 14.0. The lowest BCUT2D eigenvalue weighted by atomic mass is 10.2. The van der Waals surface area contributed by atoms with E-state index < -0.39 is 4.92 Å². The summed E-state index contributed by atoms with van der Waals surface area (Å²) in [5.74, 6) is -0.363. The summed E-state index contributed by atoms with van der Waals surface area (Å²) in [5.41, 5.74) is 2.38. The van der Waals surface area contributed by atoms with Crippen molar-refractivity contribution >= 4 is 39.7 Å². The van der Waals surface area contributed by atoms with Crippen LogP contribution in [0.5, 0.6) is 0 Å². The highest BCUT2D eigenvalue weighted by molar-refractivity contribution is 7.14. The number of non-ortho nitro benzene ring substituents is 1. The third-order valence-electron chi connectivity index (χ3n) is 4.04. The SMILES string of the molecule is O=C(Nc1nc(-c2ccccc2Cl)cs1)c1cnn(-c2ccc([N+](=O)[O-])cc2)c1. The van der Waals surface area contributed by atoms with Crippen LogP contribution in [0.4, 0.5) is 10.8 Å². The molecule has 2 aromatic carbocycles. The Morgan fingerprint density at radius 1 is 1.17 bits per heavy atom.